The highest BCUT2D eigenvalue weighted by Crippen LogP contribution is 2.29. The van der Waals surface area contributed by atoms with Crippen molar-refractivity contribution in [2.24, 2.45) is 0 Å². The van der Waals surface area contributed by atoms with Crippen molar-refractivity contribution in [3.63, 3.8) is 0 Å². The number of hydrogen-bond acceptors (Lipinski definition) is 2. The van der Waals surface area contributed by atoms with Gasteiger partial charge in [-0.15, -0.1) is 0 Å². The van der Waals surface area contributed by atoms with Crippen molar-refractivity contribution in [2.45, 2.75) is 39.8 Å². The monoisotopic (exact) mass is 398 g/mol. The Morgan fingerprint density at radius 3 is 2.32 bits per heavy atom. The standard InChI is InChI=1S/C21H23BrN2O/c1-3-17-9-11-18(12-10-17)13-14-24-21(22)20(16(2)23-24)25-15-19-7-5-4-6-8-19/h4-12H,3,13-15H2,1-2H3. The molecule has 25 heavy (non-hydrogen) atoms. The second-order valence-electron chi connectivity index (χ2n) is 6.12. The van der Waals surface area contributed by atoms with Gasteiger partial charge in [-0.25, -0.2) is 0 Å². The van der Waals surface area contributed by atoms with E-state index in [1.165, 1.54) is 11.1 Å². The molecule has 0 saturated heterocycles. The second-order valence-corrected chi connectivity index (χ2v) is 6.87. The van der Waals surface area contributed by atoms with Crippen LogP contribution in [0.25, 0.3) is 0 Å². The van der Waals surface area contributed by atoms with Crippen molar-refractivity contribution in [1.82, 2.24) is 9.78 Å². The highest BCUT2D eigenvalue weighted by Gasteiger charge is 2.14. The maximum atomic E-state index is 5.99. The summed E-state index contributed by atoms with van der Waals surface area (Å²) in [5.41, 5.74) is 4.75. The molecule has 3 nitrogen and oxygen atoms in total. The van der Waals surface area contributed by atoms with Gasteiger partial charge in [0.15, 0.2) is 5.75 Å². The highest BCUT2D eigenvalue weighted by atomic mass is 79.9. The summed E-state index contributed by atoms with van der Waals surface area (Å²) in [6, 6.07) is 19.0. The summed E-state index contributed by atoms with van der Waals surface area (Å²) in [7, 11) is 0. The summed E-state index contributed by atoms with van der Waals surface area (Å²) in [4.78, 5) is 0. The largest absolute Gasteiger partial charge is 0.484 e. The molecule has 3 aromatic rings. The Kier molecular flexibility index (Phi) is 5.92. The van der Waals surface area contributed by atoms with Crippen LogP contribution in [0.4, 0.5) is 0 Å². The number of benzene rings is 2. The van der Waals surface area contributed by atoms with Gasteiger partial charge in [-0.05, 0) is 52.4 Å². The van der Waals surface area contributed by atoms with E-state index in [4.69, 9.17) is 4.74 Å². The fourth-order valence-electron chi connectivity index (χ4n) is 2.76. The molecule has 1 aromatic heterocycles. The van der Waals surface area contributed by atoms with Gasteiger partial charge in [-0.3, -0.25) is 4.68 Å². The average molecular weight is 399 g/mol. The molecule has 0 aliphatic rings. The molecule has 0 unspecified atom stereocenters. The first-order valence-electron chi connectivity index (χ1n) is 8.65. The maximum Gasteiger partial charge on any atom is 0.175 e. The van der Waals surface area contributed by atoms with E-state index in [0.717, 1.165) is 41.0 Å². The van der Waals surface area contributed by atoms with Crippen LogP contribution in [0.2, 0.25) is 0 Å². The Labute approximate surface area is 157 Å². The van der Waals surface area contributed by atoms with Crippen LogP contribution in [0.5, 0.6) is 5.75 Å². The van der Waals surface area contributed by atoms with E-state index in [1.54, 1.807) is 0 Å². The molecular weight excluding hydrogens is 376 g/mol. The highest BCUT2D eigenvalue weighted by molar-refractivity contribution is 9.10. The molecule has 4 heteroatoms. The predicted molar refractivity (Wildman–Crippen MR) is 105 cm³/mol. The summed E-state index contributed by atoms with van der Waals surface area (Å²) < 4.78 is 8.87. The minimum atomic E-state index is 0.546. The summed E-state index contributed by atoms with van der Waals surface area (Å²) in [6.45, 7) is 5.53. The van der Waals surface area contributed by atoms with E-state index in [-0.39, 0.29) is 0 Å². The molecule has 0 atom stereocenters. The third-order valence-corrected chi connectivity index (χ3v) is 5.05. The van der Waals surface area contributed by atoms with Gasteiger partial charge in [0.1, 0.15) is 16.9 Å². The predicted octanol–water partition coefficient (Wildman–Crippen LogP) is 5.34. The van der Waals surface area contributed by atoms with Gasteiger partial charge >= 0.3 is 0 Å². The molecule has 0 fully saturated rings. The van der Waals surface area contributed by atoms with Crippen LogP contribution < -0.4 is 4.74 Å². The number of aryl methyl sites for hydroxylation is 4. The summed E-state index contributed by atoms with van der Waals surface area (Å²) in [6.07, 6.45) is 2.02. The second kappa shape index (κ2) is 8.34. The van der Waals surface area contributed by atoms with Crippen molar-refractivity contribution in [3.05, 3.63) is 81.6 Å². The molecule has 3 rings (SSSR count). The van der Waals surface area contributed by atoms with Gasteiger partial charge in [0, 0.05) is 6.54 Å². The molecule has 0 saturated carbocycles. The number of hydrogen-bond donors (Lipinski definition) is 0. The van der Waals surface area contributed by atoms with Crippen LogP contribution in [-0.4, -0.2) is 9.78 Å². The molecular formula is C21H23BrN2O. The van der Waals surface area contributed by atoms with Gasteiger partial charge in [0.05, 0.1) is 0 Å². The maximum absolute atomic E-state index is 5.99. The van der Waals surface area contributed by atoms with E-state index in [2.05, 4.69) is 64.4 Å². The van der Waals surface area contributed by atoms with Crippen LogP contribution in [-0.2, 0) is 26.0 Å². The molecule has 2 aromatic carbocycles. The van der Waals surface area contributed by atoms with Crippen LogP contribution in [0, 0.1) is 6.92 Å². The molecule has 0 N–H and O–H groups in total. The van der Waals surface area contributed by atoms with E-state index < -0.39 is 0 Å². The van der Waals surface area contributed by atoms with Crippen LogP contribution >= 0.6 is 15.9 Å². The number of halogens is 1. The Hall–Kier alpha value is -2.07. The molecule has 1 heterocycles. The first-order valence-corrected chi connectivity index (χ1v) is 9.44. The molecule has 0 aliphatic carbocycles. The number of aromatic nitrogens is 2. The van der Waals surface area contributed by atoms with E-state index in [0.29, 0.717) is 6.61 Å². The van der Waals surface area contributed by atoms with Crippen molar-refractivity contribution in [2.75, 3.05) is 0 Å². The van der Waals surface area contributed by atoms with Crippen molar-refractivity contribution in [3.8, 4) is 5.75 Å². The lowest BCUT2D eigenvalue weighted by atomic mass is 10.1. The summed E-state index contributed by atoms with van der Waals surface area (Å²) in [5, 5.41) is 4.62. The Bertz CT molecular complexity index is 810. The molecule has 0 bridgehead atoms. The number of nitrogens with zero attached hydrogens (tertiary/aromatic N) is 2. The third kappa shape index (κ3) is 4.51. The summed E-state index contributed by atoms with van der Waals surface area (Å²) in [5.74, 6) is 0.824. The number of ether oxygens (including phenoxy) is 1. The zero-order chi connectivity index (χ0) is 17.6. The zero-order valence-corrected chi connectivity index (χ0v) is 16.3. The Balaban J connectivity index is 1.64. The minimum Gasteiger partial charge on any atom is -0.484 e. The van der Waals surface area contributed by atoms with Crippen LogP contribution in [0.3, 0.4) is 0 Å². The SMILES string of the molecule is CCc1ccc(CCn2nc(C)c(OCc3ccccc3)c2Br)cc1. The van der Waals surface area contributed by atoms with Gasteiger partial charge in [-0.2, -0.15) is 5.10 Å². The molecule has 0 radical (unpaired) electrons. The number of rotatable bonds is 7. The van der Waals surface area contributed by atoms with Gasteiger partial charge < -0.3 is 4.74 Å². The topological polar surface area (TPSA) is 27.1 Å². The lowest BCUT2D eigenvalue weighted by Crippen LogP contribution is -2.04. The van der Waals surface area contributed by atoms with Crippen molar-refractivity contribution < 1.29 is 4.74 Å². The summed E-state index contributed by atoms with van der Waals surface area (Å²) >= 11 is 3.65. The van der Waals surface area contributed by atoms with Crippen LogP contribution in [0.1, 0.15) is 29.3 Å². The normalized spacial score (nSPS) is 10.8. The van der Waals surface area contributed by atoms with E-state index >= 15 is 0 Å². The van der Waals surface area contributed by atoms with E-state index in [9.17, 15) is 0 Å². The average Bonchev–Trinajstić information content (AvgIpc) is 2.93. The van der Waals surface area contributed by atoms with Crippen molar-refractivity contribution in [1.29, 1.82) is 0 Å². The molecule has 130 valence electrons. The van der Waals surface area contributed by atoms with E-state index in [1.807, 2.05) is 29.8 Å². The first kappa shape index (κ1) is 17.7. The first-order chi connectivity index (χ1) is 12.2. The quantitative estimate of drug-likeness (QED) is 0.536. The zero-order valence-electron chi connectivity index (χ0n) is 14.7. The fraction of sp³-hybridized carbons (Fsp3) is 0.286. The lowest BCUT2D eigenvalue weighted by molar-refractivity contribution is 0.301. The minimum absolute atomic E-state index is 0.546. The van der Waals surface area contributed by atoms with Gasteiger partial charge in [0.25, 0.3) is 0 Å². The smallest absolute Gasteiger partial charge is 0.175 e. The third-order valence-electron chi connectivity index (χ3n) is 4.28. The van der Waals surface area contributed by atoms with Gasteiger partial charge in [0.2, 0.25) is 0 Å². The molecule has 0 amide bonds. The lowest BCUT2D eigenvalue weighted by Gasteiger charge is -2.07. The Morgan fingerprint density at radius 1 is 0.960 bits per heavy atom. The van der Waals surface area contributed by atoms with Crippen molar-refractivity contribution >= 4 is 15.9 Å². The Morgan fingerprint density at radius 2 is 1.64 bits per heavy atom. The molecule has 0 aliphatic heterocycles. The fourth-order valence-corrected chi connectivity index (χ4v) is 3.41. The molecule has 0 spiro atoms. The van der Waals surface area contributed by atoms with Crippen LogP contribution in [0.15, 0.2) is 59.2 Å². The van der Waals surface area contributed by atoms with Gasteiger partial charge in [-0.1, -0.05) is 61.5 Å².